The lowest BCUT2D eigenvalue weighted by Crippen LogP contribution is -2.24. The lowest BCUT2D eigenvalue weighted by Gasteiger charge is -2.08. The smallest absolute Gasteiger partial charge is 0.144 e. The van der Waals surface area contributed by atoms with Crippen molar-refractivity contribution in [3.05, 3.63) is 64.1 Å². The van der Waals surface area contributed by atoms with Gasteiger partial charge in [-0.15, -0.1) is 11.6 Å². The van der Waals surface area contributed by atoms with E-state index in [0.717, 1.165) is 27.0 Å². The molecule has 0 atom stereocenters. The molecule has 2 N–H and O–H groups in total. The Balaban J connectivity index is 2.01. The number of aliphatic imine (C=N–C) groups is 2. The van der Waals surface area contributed by atoms with Gasteiger partial charge < -0.3 is 5.11 Å². The van der Waals surface area contributed by atoms with Gasteiger partial charge in [-0.1, -0.05) is 46.3 Å². The van der Waals surface area contributed by atoms with Crippen LogP contribution in [0.25, 0.3) is 0 Å². The number of alkyl halides is 1. The number of hydrogen-bond acceptors (Lipinski definition) is 5. The second-order valence-corrected chi connectivity index (χ2v) is 6.52. The first-order valence-corrected chi connectivity index (χ1v) is 8.99. The van der Waals surface area contributed by atoms with E-state index in [1.165, 1.54) is 0 Å². The van der Waals surface area contributed by atoms with Gasteiger partial charge in [0, 0.05) is 15.6 Å². The Labute approximate surface area is 159 Å². The summed E-state index contributed by atoms with van der Waals surface area (Å²) in [6.45, 7) is 0.146. The van der Waals surface area contributed by atoms with Crippen molar-refractivity contribution in [2.24, 2.45) is 15.1 Å². The lowest BCUT2D eigenvalue weighted by atomic mass is 10.0. The molecule has 25 heavy (non-hydrogen) atoms. The summed E-state index contributed by atoms with van der Waals surface area (Å²) in [6.07, 6.45) is 0. The number of benzene rings is 2. The molecule has 0 spiro atoms. The van der Waals surface area contributed by atoms with Gasteiger partial charge >= 0.3 is 0 Å². The molecule has 0 amide bonds. The molecule has 0 saturated carbocycles. The van der Waals surface area contributed by atoms with Crippen molar-refractivity contribution >= 4 is 50.5 Å². The van der Waals surface area contributed by atoms with Crippen LogP contribution < -0.4 is 5.43 Å². The van der Waals surface area contributed by atoms with Gasteiger partial charge in [-0.2, -0.15) is 5.10 Å². The molecular formula is C18H16BrClN4O. The Hall–Kier alpha value is -2.02. The molecule has 2 aromatic rings. The summed E-state index contributed by atoms with van der Waals surface area (Å²) in [5, 5.41) is 13.3. The standard InChI is InChI=1S/C18H16BrClN4O/c19-13-6-7-16-15(8-13)18(12-4-2-1-3-5-12)21-10-17(22-16)24-23-14(9-20)11-25/h1-8,25H,9-11H2,(H,22,24)/b23-14-. The van der Waals surface area contributed by atoms with E-state index in [9.17, 15) is 0 Å². The summed E-state index contributed by atoms with van der Waals surface area (Å²) in [4.78, 5) is 9.36. The number of hydrogen-bond donors (Lipinski definition) is 2. The first kappa shape index (κ1) is 17.8. The van der Waals surface area contributed by atoms with E-state index < -0.39 is 0 Å². The molecule has 1 aliphatic rings. The van der Waals surface area contributed by atoms with Crippen molar-refractivity contribution in [2.45, 2.75) is 0 Å². The first-order chi connectivity index (χ1) is 12.2. The van der Waals surface area contributed by atoms with Crippen LogP contribution in [0.2, 0.25) is 0 Å². The highest BCUT2D eigenvalue weighted by molar-refractivity contribution is 9.10. The number of rotatable bonds is 4. The van der Waals surface area contributed by atoms with Crippen LogP contribution in [0.4, 0.5) is 5.69 Å². The zero-order valence-corrected chi connectivity index (χ0v) is 15.6. The molecule has 7 heteroatoms. The predicted octanol–water partition coefficient (Wildman–Crippen LogP) is 3.51. The normalized spacial score (nSPS) is 14.3. The van der Waals surface area contributed by atoms with Crippen molar-refractivity contribution in [3.63, 3.8) is 0 Å². The fourth-order valence-corrected chi connectivity index (χ4v) is 2.87. The number of amidine groups is 1. The fourth-order valence-electron chi connectivity index (χ4n) is 2.37. The highest BCUT2D eigenvalue weighted by atomic mass is 79.9. The Morgan fingerprint density at radius 2 is 2.04 bits per heavy atom. The summed E-state index contributed by atoms with van der Waals surface area (Å²) in [5.41, 5.74) is 6.96. The van der Waals surface area contributed by atoms with Gasteiger partial charge in [-0.05, 0) is 18.2 Å². The van der Waals surface area contributed by atoms with E-state index in [0.29, 0.717) is 18.1 Å². The maximum atomic E-state index is 9.16. The number of aliphatic hydroxyl groups excluding tert-OH is 1. The minimum absolute atomic E-state index is 0.152. The molecule has 0 fully saturated rings. The topological polar surface area (TPSA) is 69.3 Å². The third-order valence-corrected chi connectivity index (χ3v) is 4.38. The Morgan fingerprint density at radius 1 is 1.24 bits per heavy atom. The molecule has 0 unspecified atom stereocenters. The van der Waals surface area contributed by atoms with Crippen LogP contribution in [0.5, 0.6) is 0 Å². The van der Waals surface area contributed by atoms with Crippen LogP contribution >= 0.6 is 27.5 Å². The molecule has 0 aliphatic carbocycles. The Kier molecular flexibility index (Phi) is 5.96. The summed E-state index contributed by atoms with van der Waals surface area (Å²) in [5.74, 6) is 0.740. The minimum atomic E-state index is -0.203. The summed E-state index contributed by atoms with van der Waals surface area (Å²) in [6, 6.07) is 15.9. The van der Waals surface area contributed by atoms with Gasteiger partial charge in [0.05, 0.1) is 36.1 Å². The number of fused-ring (bicyclic) bond motifs is 1. The van der Waals surface area contributed by atoms with Crippen molar-refractivity contribution in [3.8, 4) is 0 Å². The number of hydrazone groups is 1. The Morgan fingerprint density at radius 3 is 2.76 bits per heavy atom. The maximum Gasteiger partial charge on any atom is 0.144 e. The summed E-state index contributed by atoms with van der Waals surface area (Å²) < 4.78 is 0.962. The molecule has 1 aliphatic heterocycles. The van der Waals surface area contributed by atoms with Gasteiger partial charge in [0.15, 0.2) is 0 Å². The zero-order valence-electron chi connectivity index (χ0n) is 13.3. The van der Waals surface area contributed by atoms with Gasteiger partial charge in [0.1, 0.15) is 5.84 Å². The van der Waals surface area contributed by atoms with E-state index in [1.54, 1.807) is 0 Å². The molecule has 0 saturated heterocycles. The van der Waals surface area contributed by atoms with Crippen LogP contribution in [0.1, 0.15) is 11.1 Å². The average Bonchev–Trinajstić information content (AvgIpc) is 2.82. The molecule has 5 nitrogen and oxygen atoms in total. The number of nitrogens with one attached hydrogen (secondary N) is 1. The average molecular weight is 420 g/mol. The van der Waals surface area contributed by atoms with Gasteiger partial charge in [0.25, 0.3) is 0 Å². The van der Waals surface area contributed by atoms with Crippen molar-refractivity contribution < 1.29 is 5.11 Å². The van der Waals surface area contributed by atoms with Gasteiger partial charge in [-0.3, -0.25) is 10.4 Å². The third-order valence-electron chi connectivity index (χ3n) is 3.58. The zero-order chi connectivity index (χ0) is 17.6. The monoisotopic (exact) mass is 418 g/mol. The van der Waals surface area contributed by atoms with Gasteiger partial charge in [0.2, 0.25) is 0 Å². The first-order valence-electron chi connectivity index (χ1n) is 7.67. The minimum Gasteiger partial charge on any atom is -0.390 e. The Bertz CT molecular complexity index is 843. The van der Waals surface area contributed by atoms with Crippen LogP contribution in [-0.4, -0.2) is 41.4 Å². The number of aliphatic hydroxyl groups is 1. The van der Waals surface area contributed by atoms with Crippen molar-refractivity contribution in [1.29, 1.82) is 0 Å². The molecule has 1 heterocycles. The molecule has 0 aromatic heterocycles. The third kappa shape index (κ3) is 4.34. The maximum absolute atomic E-state index is 9.16. The van der Waals surface area contributed by atoms with E-state index in [1.807, 2.05) is 48.5 Å². The molecule has 0 radical (unpaired) electrons. The highest BCUT2D eigenvalue weighted by Crippen LogP contribution is 2.28. The van der Waals surface area contributed by atoms with Crippen LogP contribution in [0, 0.1) is 0 Å². The van der Waals surface area contributed by atoms with Crippen LogP contribution in [0.3, 0.4) is 0 Å². The summed E-state index contributed by atoms with van der Waals surface area (Å²) >= 11 is 9.23. The van der Waals surface area contributed by atoms with E-state index in [2.05, 4.69) is 31.4 Å². The SMILES string of the molecule is OC/C(CCl)=N\NC1=Nc2ccc(Br)cc2C(c2ccccc2)=NC1. The van der Waals surface area contributed by atoms with E-state index in [4.69, 9.17) is 21.7 Å². The van der Waals surface area contributed by atoms with Crippen molar-refractivity contribution in [1.82, 2.24) is 5.43 Å². The molecule has 0 bridgehead atoms. The lowest BCUT2D eigenvalue weighted by molar-refractivity contribution is 0.356. The predicted molar refractivity (Wildman–Crippen MR) is 107 cm³/mol. The summed E-state index contributed by atoms with van der Waals surface area (Å²) in [7, 11) is 0. The quantitative estimate of drug-likeness (QED) is 0.452. The highest BCUT2D eigenvalue weighted by Gasteiger charge is 2.16. The van der Waals surface area contributed by atoms with Crippen molar-refractivity contribution in [2.75, 3.05) is 19.0 Å². The second-order valence-electron chi connectivity index (χ2n) is 5.33. The second kappa shape index (κ2) is 8.38. The molecular weight excluding hydrogens is 404 g/mol. The number of halogens is 2. The number of nitrogens with zero attached hydrogens (tertiary/aromatic N) is 3. The molecule has 3 rings (SSSR count). The van der Waals surface area contributed by atoms with E-state index in [-0.39, 0.29) is 12.5 Å². The fraction of sp³-hybridized carbons (Fsp3) is 0.167. The largest absolute Gasteiger partial charge is 0.390 e. The van der Waals surface area contributed by atoms with Crippen LogP contribution in [0.15, 0.2) is 68.1 Å². The van der Waals surface area contributed by atoms with Gasteiger partial charge in [-0.25, -0.2) is 4.99 Å². The van der Waals surface area contributed by atoms with Crippen LogP contribution in [-0.2, 0) is 0 Å². The van der Waals surface area contributed by atoms with E-state index >= 15 is 0 Å². The molecule has 2 aromatic carbocycles. The molecule has 128 valence electrons.